The van der Waals surface area contributed by atoms with Crippen LogP contribution < -0.4 is 5.32 Å². The topological polar surface area (TPSA) is 55.9 Å². The van der Waals surface area contributed by atoms with Gasteiger partial charge in [0.25, 0.3) is 0 Å². The van der Waals surface area contributed by atoms with Crippen molar-refractivity contribution in [2.45, 2.75) is 40.3 Å². The monoisotopic (exact) mass is 248 g/mol. The zero-order valence-corrected chi connectivity index (χ0v) is 11.6. The van der Waals surface area contributed by atoms with Gasteiger partial charge in [-0.15, -0.1) is 0 Å². The molecule has 0 amide bonds. The Morgan fingerprint density at radius 1 is 1.39 bits per heavy atom. The minimum Gasteiger partial charge on any atom is -0.361 e. The first-order chi connectivity index (χ1) is 8.50. The van der Waals surface area contributed by atoms with Gasteiger partial charge >= 0.3 is 0 Å². The Labute approximate surface area is 107 Å². The van der Waals surface area contributed by atoms with E-state index in [0.29, 0.717) is 0 Å². The second-order valence-electron chi connectivity index (χ2n) is 4.71. The minimum atomic E-state index is 0.257. The number of nitrogens with one attached hydrogen (secondary N) is 1. The lowest BCUT2D eigenvalue weighted by molar-refractivity contribution is 0.391. The van der Waals surface area contributed by atoms with Crippen molar-refractivity contribution in [2.24, 2.45) is 7.05 Å². The molecule has 0 radical (unpaired) electrons. The molecule has 0 aromatic carbocycles. The number of aromatic nitrogens is 3. The van der Waals surface area contributed by atoms with Crippen LogP contribution >= 0.6 is 0 Å². The Hall–Kier alpha value is -1.62. The summed E-state index contributed by atoms with van der Waals surface area (Å²) in [4.78, 5) is 0. The highest BCUT2D eigenvalue weighted by atomic mass is 16.5. The fourth-order valence-corrected chi connectivity index (χ4v) is 2.06. The van der Waals surface area contributed by atoms with Crippen molar-refractivity contribution >= 4 is 0 Å². The SMILES string of the molecule is Cc1noc(C)c1CNC(C)c1cnn(C)c1C. The molecule has 0 spiro atoms. The van der Waals surface area contributed by atoms with Crippen molar-refractivity contribution in [3.63, 3.8) is 0 Å². The molecule has 2 heterocycles. The zero-order valence-electron chi connectivity index (χ0n) is 11.6. The van der Waals surface area contributed by atoms with Crippen LogP contribution in [0.1, 0.15) is 41.2 Å². The van der Waals surface area contributed by atoms with E-state index in [0.717, 1.165) is 23.6 Å². The molecule has 0 bridgehead atoms. The molecule has 18 heavy (non-hydrogen) atoms. The van der Waals surface area contributed by atoms with E-state index < -0.39 is 0 Å². The number of nitrogens with zero attached hydrogens (tertiary/aromatic N) is 3. The quantitative estimate of drug-likeness (QED) is 0.901. The fourth-order valence-electron chi connectivity index (χ4n) is 2.06. The summed E-state index contributed by atoms with van der Waals surface area (Å²) < 4.78 is 7.05. The Morgan fingerprint density at radius 2 is 2.11 bits per heavy atom. The zero-order chi connectivity index (χ0) is 13.3. The summed E-state index contributed by atoms with van der Waals surface area (Å²) in [6, 6.07) is 0.257. The summed E-state index contributed by atoms with van der Waals surface area (Å²) in [5.74, 6) is 0.884. The van der Waals surface area contributed by atoms with Gasteiger partial charge in [-0.05, 0) is 27.7 Å². The van der Waals surface area contributed by atoms with Crippen molar-refractivity contribution in [3.8, 4) is 0 Å². The molecule has 1 atom stereocenters. The van der Waals surface area contributed by atoms with Gasteiger partial charge in [-0.25, -0.2) is 0 Å². The molecule has 5 nitrogen and oxygen atoms in total. The van der Waals surface area contributed by atoms with Crippen LogP contribution in [0.3, 0.4) is 0 Å². The average molecular weight is 248 g/mol. The summed E-state index contributed by atoms with van der Waals surface area (Å²) in [6.07, 6.45) is 1.92. The highest BCUT2D eigenvalue weighted by Crippen LogP contribution is 2.18. The number of aryl methyl sites for hydroxylation is 3. The van der Waals surface area contributed by atoms with Crippen LogP contribution in [0.5, 0.6) is 0 Å². The maximum Gasteiger partial charge on any atom is 0.138 e. The Balaban J connectivity index is 2.05. The first-order valence-corrected chi connectivity index (χ1v) is 6.14. The molecule has 98 valence electrons. The summed E-state index contributed by atoms with van der Waals surface area (Å²) in [7, 11) is 1.96. The number of rotatable bonds is 4. The normalized spacial score (nSPS) is 12.9. The van der Waals surface area contributed by atoms with Gasteiger partial charge in [0.1, 0.15) is 5.76 Å². The lowest BCUT2D eigenvalue weighted by atomic mass is 10.1. The summed E-state index contributed by atoms with van der Waals surface area (Å²) in [5.41, 5.74) is 4.51. The van der Waals surface area contributed by atoms with Gasteiger partial charge < -0.3 is 9.84 Å². The van der Waals surface area contributed by atoms with E-state index in [1.165, 1.54) is 11.3 Å². The minimum absolute atomic E-state index is 0.257. The maximum atomic E-state index is 5.15. The van der Waals surface area contributed by atoms with Gasteiger partial charge in [-0.2, -0.15) is 5.10 Å². The van der Waals surface area contributed by atoms with E-state index in [1.54, 1.807) is 0 Å². The Morgan fingerprint density at radius 3 is 2.61 bits per heavy atom. The van der Waals surface area contributed by atoms with Gasteiger partial charge in [-0.1, -0.05) is 5.16 Å². The molecule has 0 fully saturated rings. The first-order valence-electron chi connectivity index (χ1n) is 6.14. The van der Waals surface area contributed by atoms with Crippen LogP contribution in [0.4, 0.5) is 0 Å². The average Bonchev–Trinajstić information content (AvgIpc) is 2.82. The number of hydrogen-bond donors (Lipinski definition) is 1. The third-order valence-electron chi connectivity index (χ3n) is 3.51. The predicted octanol–water partition coefficient (Wildman–Crippen LogP) is 2.18. The van der Waals surface area contributed by atoms with E-state index in [-0.39, 0.29) is 6.04 Å². The van der Waals surface area contributed by atoms with Crippen LogP contribution in [-0.2, 0) is 13.6 Å². The second kappa shape index (κ2) is 4.94. The highest BCUT2D eigenvalue weighted by Gasteiger charge is 2.14. The van der Waals surface area contributed by atoms with Crippen LogP contribution in [0.2, 0.25) is 0 Å². The maximum absolute atomic E-state index is 5.15. The Bertz CT molecular complexity index is 522. The molecule has 1 unspecified atom stereocenters. The molecule has 0 aliphatic carbocycles. The standard InChI is InChI=1S/C13H20N4O/c1-8(12-7-15-17(5)10(12)3)14-6-13-9(2)16-18-11(13)4/h7-8,14H,6H2,1-5H3. The molecule has 2 rings (SSSR count). The summed E-state index contributed by atoms with van der Waals surface area (Å²) >= 11 is 0. The van der Waals surface area contributed by atoms with Crippen molar-refractivity contribution in [1.82, 2.24) is 20.3 Å². The van der Waals surface area contributed by atoms with Gasteiger partial charge in [0.05, 0.1) is 11.9 Å². The van der Waals surface area contributed by atoms with E-state index in [1.807, 2.05) is 31.8 Å². The van der Waals surface area contributed by atoms with E-state index in [4.69, 9.17) is 4.52 Å². The molecule has 0 aliphatic rings. The molecule has 1 N–H and O–H groups in total. The van der Waals surface area contributed by atoms with Gasteiger partial charge in [-0.3, -0.25) is 4.68 Å². The first kappa shape index (κ1) is 12.8. The Kier molecular flexibility index (Phi) is 3.52. The molecule has 0 saturated heterocycles. The molecule has 2 aromatic rings. The van der Waals surface area contributed by atoms with Crippen molar-refractivity contribution in [3.05, 3.63) is 34.5 Å². The second-order valence-corrected chi connectivity index (χ2v) is 4.71. The fraction of sp³-hybridized carbons (Fsp3) is 0.538. The summed E-state index contributed by atoms with van der Waals surface area (Å²) in [5, 5.41) is 11.7. The third kappa shape index (κ3) is 2.31. The van der Waals surface area contributed by atoms with Crippen molar-refractivity contribution < 1.29 is 4.52 Å². The molecular formula is C13H20N4O. The summed E-state index contributed by atoms with van der Waals surface area (Å²) in [6.45, 7) is 8.89. The van der Waals surface area contributed by atoms with E-state index in [9.17, 15) is 0 Å². The van der Waals surface area contributed by atoms with E-state index in [2.05, 4.69) is 29.4 Å². The van der Waals surface area contributed by atoms with Crippen LogP contribution in [0.15, 0.2) is 10.7 Å². The highest BCUT2D eigenvalue weighted by molar-refractivity contribution is 5.23. The van der Waals surface area contributed by atoms with Crippen molar-refractivity contribution in [1.29, 1.82) is 0 Å². The van der Waals surface area contributed by atoms with Crippen LogP contribution in [0, 0.1) is 20.8 Å². The third-order valence-corrected chi connectivity index (χ3v) is 3.51. The largest absolute Gasteiger partial charge is 0.361 e. The van der Waals surface area contributed by atoms with Gasteiger partial charge in [0, 0.05) is 36.5 Å². The molecule has 0 saturated carbocycles. The van der Waals surface area contributed by atoms with Gasteiger partial charge in [0.15, 0.2) is 0 Å². The van der Waals surface area contributed by atoms with Crippen LogP contribution in [0.25, 0.3) is 0 Å². The van der Waals surface area contributed by atoms with Crippen molar-refractivity contribution in [2.75, 3.05) is 0 Å². The smallest absolute Gasteiger partial charge is 0.138 e. The van der Waals surface area contributed by atoms with E-state index >= 15 is 0 Å². The molecular weight excluding hydrogens is 228 g/mol. The van der Waals surface area contributed by atoms with Gasteiger partial charge in [0.2, 0.25) is 0 Å². The predicted molar refractivity (Wildman–Crippen MR) is 69.2 cm³/mol. The molecule has 2 aromatic heterocycles. The lowest BCUT2D eigenvalue weighted by Gasteiger charge is -2.13. The molecule has 5 heteroatoms. The van der Waals surface area contributed by atoms with Crippen LogP contribution in [-0.4, -0.2) is 14.9 Å². The lowest BCUT2D eigenvalue weighted by Crippen LogP contribution is -2.19. The molecule has 0 aliphatic heterocycles. The number of hydrogen-bond acceptors (Lipinski definition) is 4.